The third-order valence-electron chi connectivity index (χ3n) is 4.41. The number of hydrogen-bond acceptors (Lipinski definition) is 4. The van der Waals surface area contributed by atoms with Crippen molar-refractivity contribution in [2.45, 2.75) is 32.4 Å². The van der Waals surface area contributed by atoms with E-state index in [-0.39, 0.29) is 0 Å². The molecule has 0 atom stereocenters. The van der Waals surface area contributed by atoms with Gasteiger partial charge in [-0.05, 0) is 18.4 Å². The van der Waals surface area contributed by atoms with Gasteiger partial charge in [0.1, 0.15) is 12.4 Å². The van der Waals surface area contributed by atoms with Gasteiger partial charge in [0.05, 0.1) is 11.9 Å². The zero-order valence-corrected chi connectivity index (χ0v) is 14.2. The summed E-state index contributed by atoms with van der Waals surface area (Å²) in [6, 6.07) is 10.3. The van der Waals surface area contributed by atoms with Crippen LogP contribution in [0.1, 0.15) is 30.1 Å². The van der Waals surface area contributed by atoms with Gasteiger partial charge in [-0.3, -0.25) is 4.68 Å². The minimum atomic E-state index is 0.661. The first-order valence-electron chi connectivity index (χ1n) is 8.77. The molecule has 0 fully saturated rings. The van der Waals surface area contributed by atoms with Gasteiger partial charge in [0.15, 0.2) is 5.82 Å². The second-order valence-corrected chi connectivity index (χ2v) is 6.26. The molecule has 0 radical (unpaired) electrons. The lowest BCUT2D eigenvalue weighted by atomic mass is 10.2. The molecule has 3 heterocycles. The highest BCUT2D eigenvalue weighted by atomic mass is 15.3. The molecule has 6 heteroatoms. The predicted octanol–water partition coefficient (Wildman–Crippen LogP) is 2.98. The highest BCUT2D eigenvalue weighted by Gasteiger charge is 2.15. The Morgan fingerprint density at radius 1 is 1.12 bits per heavy atom. The van der Waals surface area contributed by atoms with Gasteiger partial charge < -0.3 is 9.88 Å². The molecule has 128 valence electrons. The Hall–Kier alpha value is -2.89. The molecule has 0 spiro atoms. The van der Waals surface area contributed by atoms with Crippen LogP contribution in [0.25, 0.3) is 6.08 Å². The summed E-state index contributed by atoms with van der Waals surface area (Å²) in [4.78, 5) is 0. The molecule has 0 aliphatic carbocycles. The Labute approximate surface area is 147 Å². The summed E-state index contributed by atoms with van der Waals surface area (Å²) in [5.74, 6) is 2.10. The van der Waals surface area contributed by atoms with Crippen molar-refractivity contribution in [1.29, 1.82) is 0 Å². The van der Waals surface area contributed by atoms with E-state index < -0.39 is 0 Å². The molecular formula is C19H22N6. The number of fused-ring (bicyclic) bond motifs is 1. The number of nitrogens with zero attached hydrogens (tertiary/aromatic N) is 5. The second kappa shape index (κ2) is 7.34. The molecule has 2 aromatic heterocycles. The Kier molecular flexibility index (Phi) is 4.59. The van der Waals surface area contributed by atoms with E-state index in [9.17, 15) is 0 Å². The minimum Gasteiger partial charge on any atom is -0.379 e. The van der Waals surface area contributed by atoms with Gasteiger partial charge in [-0.1, -0.05) is 42.5 Å². The summed E-state index contributed by atoms with van der Waals surface area (Å²) >= 11 is 0. The van der Waals surface area contributed by atoms with Gasteiger partial charge >= 0.3 is 0 Å². The predicted molar refractivity (Wildman–Crippen MR) is 98.3 cm³/mol. The maximum Gasteiger partial charge on any atom is 0.154 e. The van der Waals surface area contributed by atoms with Gasteiger partial charge in [-0.25, -0.2) is 0 Å². The standard InChI is InChI=1S/C19H22N6/c1-2-7-16(8-3-1)9-6-11-20-17-13-21-24(14-17)15-19-23-22-18-10-4-5-12-25(18)19/h1-3,6-9,13-14,20H,4-5,10-12,15H2. The largest absolute Gasteiger partial charge is 0.379 e. The number of benzene rings is 1. The number of hydrogen-bond donors (Lipinski definition) is 1. The van der Waals surface area contributed by atoms with E-state index in [2.05, 4.69) is 49.5 Å². The fourth-order valence-corrected chi connectivity index (χ4v) is 3.11. The highest BCUT2D eigenvalue weighted by Crippen LogP contribution is 2.15. The fourth-order valence-electron chi connectivity index (χ4n) is 3.11. The monoisotopic (exact) mass is 334 g/mol. The van der Waals surface area contributed by atoms with E-state index >= 15 is 0 Å². The highest BCUT2D eigenvalue weighted by molar-refractivity contribution is 5.50. The fraction of sp³-hybridized carbons (Fsp3) is 0.316. The molecule has 3 aromatic rings. The van der Waals surface area contributed by atoms with E-state index in [0.29, 0.717) is 6.54 Å². The molecular weight excluding hydrogens is 312 g/mol. The molecule has 4 rings (SSSR count). The van der Waals surface area contributed by atoms with Crippen LogP contribution in [0.4, 0.5) is 5.69 Å². The second-order valence-electron chi connectivity index (χ2n) is 6.26. The minimum absolute atomic E-state index is 0.661. The third-order valence-corrected chi connectivity index (χ3v) is 4.41. The molecule has 1 N–H and O–H groups in total. The van der Waals surface area contributed by atoms with Crippen molar-refractivity contribution >= 4 is 11.8 Å². The van der Waals surface area contributed by atoms with Crippen LogP contribution in [-0.2, 0) is 19.5 Å². The average Bonchev–Trinajstić information content (AvgIpc) is 3.27. The van der Waals surface area contributed by atoms with Crippen LogP contribution in [0.5, 0.6) is 0 Å². The van der Waals surface area contributed by atoms with Gasteiger partial charge in [0.2, 0.25) is 0 Å². The third kappa shape index (κ3) is 3.79. The summed E-state index contributed by atoms with van der Waals surface area (Å²) in [6.45, 7) is 2.45. The molecule has 1 aliphatic heterocycles. The van der Waals surface area contributed by atoms with Crippen molar-refractivity contribution < 1.29 is 0 Å². The molecule has 1 aliphatic rings. The number of aromatic nitrogens is 5. The first kappa shape index (κ1) is 15.6. The SMILES string of the molecule is C(=Cc1ccccc1)CNc1cnn(Cc2nnc3n2CCCC3)c1. The summed E-state index contributed by atoms with van der Waals surface area (Å²) in [6.07, 6.45) is 11.5. The van der Waals surface area contributed by atoms with Crippen molar-refractivity contribution in [3.8, 4) is 0 Å². The van der Waals surface area contributed by atoms with Crippen molar-refractivity contribution in [3.05, 3.63) is 66.0 Å². The number of aryl methyl sites for hydroxylation is 1. The zero-order chi connectivity index (χ0) is 16.9. The molecule has 0 saturated heterocycles. The maximum atomic E-state index is 4.43. The Bertz CT molecular complexity index is 846. The Morgan fingerprint density at radius 2 is 2.04 bits per heavy atom. The van der Waals surface area contributed by atoms with Crippen LogP contribution in [-0.4, -0.2) is 31.1 Å². The molecule has 0 unspecified atom stereocenters. The zero-order valence-electron chi connectivity index (χ0n) is 14.2. The lowest BCUT2D eigenvalue weighted by molar-refractivity contribution is 0.496. The molecule has 0 bridgehead atoms. The lowest BCUT2D eigenvalue weighted by Gasteiger charge is -2.14. The Morgan fingerprint density at radius 3 is 2.96 bits per heavy atom. The Balaban J connectivity index is 1.33. The first-order valence-corrected chi connectivity index (χ1v) is 8.77. The number of anilines is 1. The molecule has 6 nitrogen and oxygen atoms in total. The summed E-state index contributed by atoms with van der Waals surface area (Å²) in [5, 5.41) is 16.4. The van der Waals surface area contributed by atoms with Crippen LogP contribution >= 0.6 is 0 Å². The summed E-state index contributed by atoms with van der Waals surface area (Å²) in [7, 11) is 0. The summed E-state index contributed by atoms with van der Waals surface area (Å²) < 4.78 is 4.15. The van der Waals surface area contributed by atoms with Crippen molar-refractivity contribution in [1.82, 2.24) is 24.5 Å². The molecule has 0 amide bonds. The van der Waals surface area contributed by atoms with E-state index in [1.165, 1.54) is 18.4 Å². The summed E-state index contributed by atoms with van der Waals surface area (Å²) in [5.41, 5.74) is 2.22. The van der Waals surface area contributed by atoms with Crippen LogP contribution < -0.4 is 5.32 Å². The quantitative estimate of drug-likeness (QED) is 0.753. The lowest BCUT2D eigenvalue weighted by Crippen LogP contribution is -2.15. The maximum absolute atomic E-state index is 4.43. The van der Waals surface area contributed by atoms with Crippen LogP contribution in [0.2, 0.25) is 0 Å². The first-order chi connectivity index (χ1) is 12.4. The van der Waals surface area contributed by atoms with Crippen molar-refractivity contribution in [3.63, 3.8) is 0 Å². The average molecular weight is 334 g/mol. The van der Waals surface area contributed by atoms with Gasteiger partial charge in [-0.2, -0.15) is 5.10 Å². The van der Waals surface area contributed by atoms with Gasteiger partial charge in [0.25, 0.3) is 0 Å². The van der Waals surface area contributed by atoms with Crippen LogP contribution in [0, 0.1) is 0 Å². The van der Waals surface area contributed by atoms with E-state index in [1.54, 1.807) is 0 Å². The number of rotatable bonds is 6. The molecule has 25 heavy (non-hydrogen) atoms. The smallest absolute Gasteiger partial charge is 0.154 e. The topological polar surface area (TPSA) is 60.6 Å². The molecule has 0 saturated carbocycles. The van der Waals surface area contributed by atoms with Gasteiger partial charge in [-0.15, -0.1) is 10.2 Å². The van der Waals surface area contributed by atoms with E-state index in [1.807, 2.05) is 35.3 Å². The van der Waals surface area contributed by atoms with Crippen molar-refractivity contribution in [2.24, 2.45) is 0 Å². The van der Waals surface area contributed by atoms with E-state index in [0.717, 1.165) is 36.8 Å². The van der Waals surface area contributed by atoms with Gasteiger partial charge in [0, 0.05) is 25.7 Å². The normalized spacial score (nSPS) is 13.9. The van der Waals surface area contributed by atoms with Crippen molar-refractivity contribution in [2.75, 3.05) is 11.9 Å². The van der Waals surface area contributed by atoms with E-state index in [4.69, 9.17) is 0 Å². The molecule has 1 aromatic carbocycles. The number of nitrogens with one attached hydrogen (secondary N) is 1. The van der Waals surface area contributed by atoms with Crippen LogP contribution in [0.15, 0.2) is 48.8 Å². The van der Waals surface area contributed by atoms with Crippen LogP contribution in [0.3, 0.4) is 0 Å².